The first-order valence-electron chi connectivity index (χ1n) is 8.44. The van der Waals surface area contributed by atoms with Gasteiger partial charge in [0.15, 0.2) is 0 Å². The number of aromatic nitrogens is 1. The van der Waals surface area contributed by atoms with Crippen molar-refractivity contribution in [3.05, 3.63) is 64.6 Å². The topological polar surface area (TPSA) is 81.8 Å². The second-order valence-corrected chi connectivity index (χ2v) is 7.23. The van der Waals surface area contributed by atoms with E-state index in [4.69, 9.17) is 4.42 Å². The number of fused-ring (bicyclic) bond motifs is 1. The largest absolute Gasteiger partial charge is 0.463 e. The van der Waals surface area contributed by atoms with Crippen LogP contribution < -0.4 is 0 Å². The summed E-state index contributed by atoms with van der Waals surface area (Å²) in [5, 5.41) is 0.623. The normalized spacial score (nSPS) is 15.8. The summed E-state index contributed by atoms with van der Waals surface area (Å²) < 4.78 is 11.9. The van der Waals surface area contributed by atoms with Crippen LogP contribution in [0.4, 0.5) is 4.79 Å². The zero-order valence-electron chi connectivity index (χ0n) is 15.2. The Kier molecular flexibility index (Phi) is 4.56. The number of ether oxygens (including phenoxy) is 1. The number of methoxy groups -OCH3 is 1. The Morgan fingerprint density at radius 3 is 2.79 bits per heavy atom. The summed E-state index contributed by atoms with van der Waals surface area (Å²) in [6, 6.07) is 10.8. The molecule has 1 saturated heterocycles. The number of amides is 2. The van der Waals surface area contributed by atoms with Gasteiger partial charge in [0.05, 0.1) is 18.6 Å². The lowest BCUT2D eigenvalue weighted by Gasteiger charge is -2.09. The van der Waals surface area contributed by atoms with Gasteiger partial charge in [-0.05, 0) is 36.0 Å². The van der Waals surface area contributed by atoms with E-state index in [1.807, 2.05) is 42.1 Å². The van der Waals surface area contributed by atoms with Crippen LogP contribution in [0.2, 0.25) is 0 Å². The van der Waals surface area contributed by atoms with Gasteiger partial charge in [0.2, 0.25) is 5.76 Å². The van der Waals surface area contributed by atoms with Crippen LogP contribution in [-0.2, 0) is 23.1 Å². The van der Waals surface area contributed by atoms with Crippen molar-refractivity contribution < 1.29 is 23.5 Å². The number of carbonyl (C=O) groups is 3. The summed E-state index contributed by atoms with van der Waals surface area (Å²) in [7, 11) is 3.18. The molecule has 28 heavy (non-hydrogen) atoms. The van der Waals surface area contributed by atoms with Crippen molar-refractivity contribution >= 4 is 45.9 Å². The number of benzene rings is 1. The molecule has 1 fully saturated rings. The van der Waals surface area contributed by atoms with E-state index in [-0.39, 0.29) is 23.5 Å². The first-order valence-corrected chi connectivity index (χ1v) is 9.26. The molecule has 4 rings (SSSR count). The third-order valence-corrected chi connectivity index (χ3v) is 5.36. The second-order valence-electron chi connectivity index (χ2n) is 6.24. The molecule has 7 nitrogen and oxygen atoms in total. The Hall–Kier alpha value is -3.26. The highest BCUT2D eigenvalue weighted by atomic mass is 32.2. The van der Waals surface area contributed by atoms with Crippen LogP contribution in [0.5, 0.6) is 0 Å². The van der Waals surface area contributed by atoms with Gasteiger partial charge >= 0.3 is 5.97 Å². The van der Waals surface area contributed by atoms with E-state index in [1.165, 1.54) is 13.2 Å². The lowest BCUT2D eigenvalue weighted by molar-refractivity contribution is -0.123. The van der Waals surface area contributed by atoms with Crippen LogP contribution in [-0.4, -0.2) is 33.7 Å². The van der Waals surface area contributed by atoms with Crippen LogP contribution >= 0.6 is 11.8 Å². The van der Waals surface area contributed by atoms with Crippen molar-refractivity contribution in [1.82, 2.24) is 9.47 Å². The summed E-state index contributed by atoms with van der Waals surface area (Å²) in [5.41, 5.74) is 1.91. The van der Waals surface area contributed by atoms with Gasteiger partial charge < -0.3 is 13.7 Å². The molecule has 2 aromatic heterocycles. The van der Waals surface area contributed by atoms with E-state index in [0.29, 0.717) is 10.7 Å². The third kappa shape index (κ3) is 3.11. The van der Waals surface area contributed by atoms with Gasteiger partial charge in [0.1, 0.15) is 5.76 Å². The smallest absolute Gasteiger partial charge is 0.373 e. The number of nitrogens with zero attached hydrogens (tertiary/aromatic N) is 2. The number of hydrogen-bond donors (Lipinski definition) is 0. The molecule has 2 amide bonds. The Labute approximate surface area is 164 Å². The van der Waals surface area contributed by atoms with Gasteiger partial charge in [0.25, 0.3) is 11.1 Å². The summed E-state index contributed by atoms with van der Waals surface area (Å²) in [6.45, 7) is -0.0471. The number of rotatable bonds is 4. The minimum Gasteiger partial charge on any atom is -0.463 e. The molecule has 0 atom stereocenters. The maximum absolute atomic E-state index is 12.7. The molecule has 0 N–H and O–H groups in total. The molecule has 0 saturated carbocycles. The minimum atomic E-state index is -0.615. The monoisotopic (exact) mass is 396 g/mol. The zero-order valence-corrected chi connectivity index (χ0v) is 16.0. The summed E-state index contributed by atoms with van der Waals surface area (Å²) in [4.78, 5) is 38.0. The van der Waals surface area contributed by atoms with Crippen LogP contribution in [0.15, 0.2) is 51.9 Å². The first-order chi connectivity index (χ1) is 13.5. The first kappa shape index (κ1) is 18.1. The summed E-state index contributed by atoms with van der Waals surface area (Å²) in [5.74, 6) is -0.653. The highest BCUT2D eigenvalue weighted by molar-refractivity contribution is 8.18. The van der Waals surface area contributed by atoms with E-state index >= 15 is 0 Å². The Morgan fingerprint density at radius 1 is 1.21 bits per heavy atom. The predicted molar refractivity (Wildman–Crippen MR) is 104 cm³/mol. The number of imide groups is 1. The van der Waals surface area contributed by atoms with Gasteiger partial charge in [-0.2, -0.15) is 0 Å². The Bertz CT molecular complexity index is 1140. The highest BCUT2D eigenvalue weighted by Gasteiger charge is 2.36. The SMILES string of the molecule is COC(=O)c1ccc(CN2C(=O)SC(=Cc3cn(C)c4ccccc34)C2=O)o1. The number of para-hydroxylation sites is 1. The van der Waals surface area contributed by atoms with Crippen molar-refractivity contribution in [2.24, 2.45) is 7.05 Å². The van der Waals surface area contributed by atoms with Crippen molar-refractivity contribution in [2.45, 2.75) is 6.54 Å². The molecule has 0 radical (unpaired) electrons. The molecule has 1 aliphatic heterocycles. The number of aryl methyl sites for hydroxylation is 1. The summed E-state index contributed by atoms with van der Waals surface area (Å²) >= 11 is 0.887. The molecular weight excluding hydrogens is 380 g/mol. The maximum atomic E-state index is 12.7. The van der Waals surface area contributed by atoms with Crippen molar-refractivity contribution in [2.75, 3.05) is 7.11 Å². The number of thioether (sulfide) groups is 1. The fourth-order valence-corrected chi connectivity index (χ4v) is 3.92. The fraction of sp³-hybridized carbons (Fsp3) is 0.150. The molecule has 0 unspecified atom stereocenters. The van der Waals surface area contributed by atoms with E-state index in [2.05, 4.69) is 4.74 Å². The van der Waals surface area contributed by atoms with Gasteiger partial charge in [-0.3, -0.25) is 14.5 Å². The highest BCUT2D eigenvalue weighted by Crippen LogP contribution is 2.35. The van der Waals surface area contributed by atoms with Gasteiger partial charge in [-0.15, -0.1) is 0 Å². The number of hydrogen-bond acceptors (Lipinski definition) is 6. The second kappa shape index (κ2) is 7.05. The van der Waals surface area contributed by atoms with Crippen molar-refractivity contribution in [3.8, 4) is 0 Å². The summed E-state index contributed by atoms with van der Waals surface area (Å²) in [6.07, 6.45) is 3.66. The third-order valence-electron chi connectivity index (χ3n) is 4.45. The average Bonchev–Trinajstić information content (AvgIpc) is 3.36. The van der Waals surface area contributed by atoms with Crippen LogP contribution in [0.25, 0.3) is 17.0 Å². The van der Waals surface area contributed by atoms with Gasteiger partial charge in [0, 0.05) is 29.7 Å². The lowest BCUT2D eigenvalue weighted by Crippen LogP contribution is -2.27. The van der Waals surface area contributed by atoms with Gasteiger partial charge in [-0.1, -0.05) is 18.2 Å². The quantitative estimate of drug-likeness (QED) is 0.493. The average molecular weight is 396 g/mol. The molecule has 0 bridgehead atoms. The number of carbonyl (C=O) groups excluding carboxylic acids is 3. The maximum Gasteiger partial charge on any atom is 0.373 e. The molecule has 0 spiro atoms. The molecule has 3 aromatic rings. The van der Waals surface area contributed by atoms with E-state index < -0.39 is 5.97 Å². The van der Waals surface area contributed by atoms with E-state index in [9.17, 15) is 14.4 Å². The van der Waals surface area contributed by atoms with Crippen LogP contribution in [0.1, 0.15) is 21.9 Å². The molecule has 142 valence electrons. The van der Waals surface area contributed by atoms with E-state index in [1.54, 1.807) is 12.1 Å². The van der Waals surface area contributed by atoms with E-state index in [0.717, 1.165) is 33.1 Å². The number of furan rings is 1. The molecule has 1 aliphatic rings. The molecule has 3 heterocycles. The number of esters is 1. The Balaban J connectivity index is 1.59. The fourth-order valence-electron chi connectivity index (χ4n) is 3.09. The lowest BCUT2D eigenvalue weighted by atomic mass is 10.1. The minimum absolute atomic E-state index is 0.0239. The molecule has 8 heteroatoms. The van der Waals surface area contributed by atoms with Crippen molar-refractivity contribution in [1.29, 1.82) is 0 Å². The van der Waals surface area contributed by atoms with Crippen molar-refractivity contribution in [3.63, 3.8) is 0 Å². The van der Waals surface area contributed by atoms with Crippen LogP contribution in [0, 0.1) is 0 Å². The molecular formula is C20H16N2O5S. The predicted octanol–water partition coefficient (Wildman–Crippen LogP) is 3.79. The Morgan fingerprint density at radius 2 is 2.00 bits per heavy atom. The van der Waals surface area contributed by atoms with Gasteiger partial charge in [-0.25, -0.2) is 4.79 Å². The zero-order chi connectivity index (χ0) is 19.8. The molecule has 0 aliphatic carbocycles. The van der Waals surface area contributed by atoms with Crippen LogP contribution in [0.3, 0.4) is 0 Å². The molecule has 1 aromatic carbocycles. The standard InChI is InChI=1S/C20H16N2O5S/c1-21-10-12(14-5-3-4-6-15(14)21)9-17-18(23)22(20(25)28-17)11-13-7-8-16(27-13)19(24)26-2/h3-10H,11H2,1-2H3.